The first-order chi connectivity index (χ1) is 7.74. The molecule has 0 amide bonds. The van der Waals surface area contributed by atoms with Gasteiger partial charge in [-0.1, -0.05) is 0 Å². The van der Waals surface area contributed by atoms with E-state index in [9.17, 15) is 10.1 Å². The summed E-state index contributed by atoms with van der Waals surface area (Å²) in [5.74, 6) is -0.107. The van der Waals surface area contributed by atoms with E-state index in [1.54, 1.807) is 12.3 Å². The zero-order valence-electron chi connectivity index (χ0n) is 8.57. The number of nitro groups is 1. The van der Waals surface area contributed by atoms with Crippen LogP contribution in [0.2, 0.25) is 0 Å². The average Bonchev–Trinajstić information content (AvgIpc) is 2.91. The molecule has 2 fully saturated rings. The number of ether oxygens (including phenoxy) is 1. The molecule has 84 valence electrons. The standard InChI is InChI=1S/C10H11N3O3/c14-13(15)10-2-1-7(4-11-10)12-5-9-3-8(12)6-16-9/h1-2,4,8-9H,3,5-6H2/t8-,9+/m0/s1. The molecule has 0 N–H and O–H groups in total. The van der Waals surface area contributed by atoms with Crippen LogP contribution in [0.4, 0.5) is 11.5 Å². The third-order valence-corrected chi connectivity index (χ3v) is 3.15. The minimum absolute atomic E-state index is 0.107. The second-order valence-corrected chi connectivity index (χ2v) is 4.13. The smallest absolute Gasteiger partial charge is 0.363 e. The number of morpholine rings is 1. The molecule has 2 aliphatic rings. The molecular weight excluding hydrogens is 210 g/mol. The van der Waals surface area contributed by atoms with Gasteiger partial charge in [0, 0.05) is 12.6 Å². The lowest BCUT2D eigenvalue weighted by Gasteiger charge is -2.27. The lowest BCUT2D eigenvalue weighted by Crippen LogP contribution is -2.36. The highest BCUT2D eigenvalue weighted by Gasteiger charge is 2.39. The number of hydrogen-bond donors (Lipinski definition) is 0. The van der Waals surface area contributed by atoms with Crippen molar-refractivity contribution in [1.82, 2.24) is 4.98 Å². The zero-order valence-corrected chi connectivity index (χ0v) is 8.57. The number of fused-ring (bicyclic) bond motifs is 2. The van der Waals surface area contributed by atoms with E-state index in [0.29, 0.717) is 12.1 Å². The van der Waals surface area contributed by atoms with E-state index in [4.69, 9.17) is 4.74 Å². The maximum absolute atomic E-state index is 10.5. The summed E-state index contributed by atoms with van der Waals surface area (Å²) in [7, 11) is 0. The topological polar surface area (TPSA) is 68.5 Å². The minimum atomic E-state index is -0.483. The monoisotopic (exact) mass is 221 g/mol. The van der Waals surface area contributed by atoms with Crippen LogP contribution in [0, 0.1) is 10.1 Å². The Kier molecular flexibility index (Phi) is 2.03. The second kappa shape index (κ2) is 3.41. The highest BCUT2D eigenvalue weighted by atomic mass is 16.6. The van der Waals surface area contributed by atoms with E-state index in [-0.39, 0.29) is 5.82 Å². The molecule has 1 aromatic heterocycles. The second-order valence-electron chi connectivity index (χ2n) is 4.13. The van der Waals surface area contributed by atoms with Gasteiger partial charge < -0.3 is 19.8 Å². The third-order valence-electron chi connectivity index (χ3n) is 3.15. The van der Waals surface area contributed by atoms with Crippen molar-refractivity contribution in [1.29, 1.82) is 0 Å². The van der Waals surface area contributed by atoms with Gasteiger partial charge in [-0.2, -0.15) is 0 Å². The van der Waals surface area contributed by atoms with Gasteiger partial charge in [-0.05, 0) is 22.4 Å². The van der Waals surface area contributed by atoms with Gasteiger partial charge in [0.25, 0.3) is 0 Å². The van der Waals surface area contributed by atoms with Crippen LogP contribution in [0.5, 0.6) is 0 Å². The highest BCUT2D eigenvalue weighted by molar-refractivity contribution is 5.49. The summed E-state index contributed by atoms with van der Waals surface area (Å²) in [5, 5.41) is 10.5. The molecule has 0 radical (unpaired) electrons. The first-order valence-electron chi connectivity index (χ1n) is 5.23. The van der Waals surface area contributed by atoms with Gasteiger partial charge in [0.2, 0.25) is 0 Å². The van der Waals surface area contributed by atoms with Gasteiger partial charge in [0.15, 0.2) is 6.20 Å². The Labute approximate surface area is 92.0 Å². The molecule has 3 heterocycles. The van der Waals surface area contributed by atoms with E-state index in [2.05, 4.69) is 9.88 Å². The van der Waals surface area contributed by atoms with Crippen LogP contribution < -0.4 is 4.90 Å². The van der Waals surface area contributed by atoms with Crippen molar-refractivity contribution in [3.8, 4) is 0 Å². The molecular formula is C10H11N3O3. The molecule has 0 unspecified atom stereocenters. The van der Waals surface area contributed by atoms with Gasteiger partial charge in [-0.15, -0.1) is 0 Å². The SMILES string of the molecule is O=[N+]([O-])c1ccc(N2C[C@H]3C[C@H]2CO3)cn1. The molecule has 3 rings (SSSR count). The predicted octanol–water partition coefficient (Wildman–Crippen LogP) is 0.967. The highest BCUT2D eigenvalue weighted by Crippen LogP contribution is 2.32. The molecule has 6 heteroatoms. The fourth-order valence-electron chi connectivity index (χ4n) is 2.37. The molecule has 2 saturated heterocycles. The van der Waals surface area contributed by atoms with E-state index in [1.165, 1.54) is 6.07 Å². The van der Waals surface area contributed by atoms with Gasteiger partial charge in [0.1, 0.15) is 0 Å². The first kappa shape index (κ1) is 9.53. The number of nitrogens with zero attached hydrogens (tertiary/aromatic N) is 3. The molecule has 16 heavy (non-hydrogen) atoms. The van der Waals surface area contributed by atoms with Gasteiger partial charge in [-0.25, -0.2) is 0 Å². The van der Waals surface area contributed by atoms with E-state index < -0.39 is 4.92 Å². The number of aromatic nitrogens is 1. The van der Waals surface area contributed by atoms with Crippen LogP contribution >= 0.6 is 0 Å². The number of hydrogen-bond acceptors (Lipinski definition) is 5. The summed E-state index contributed by atoms with van der Waals surface area (Å²) < 4.78 is 5.50. The largest absolute Gasteiger partial charge is 0.374 e. The van der Waals surface area contributed by atoms with Crippen molar-refractivity contribution in [3.63, 3.8) is 0 Å². The first-order valence-corrected chi connectivity index (χ1v) is 5.23. The Morgan fingerprint density at radius 1 is 1.56 bits per heavy atom. The Bertz CT molecular complexity index is 420. The summed E-state index contributed by atoms with van der Waals surface area (Å²) in [4.78, 5) is 16.0. The molecule has 1 aromatic rings. The Balaban J connectivity index is 1.82. The molecule has 2 atom stereocenters. The molecule has 0 spiro atoms. The molecule has 6 nitrogen and oxygen atoms in total. The molecule has 2 aliphatic heterocycles. The lowest BCUT2D eigenvalue weighted by atomic mass is 10.2. The summed E-state index contributed by atoms with van der Waals surface area (Å²) in [5.41, 5.74) is 0.946. The maximum Gasteiger partial charge on any atom is 0.363 e. The van der Waals surface area contributed by atoms with E-state index >= 15 is 0 Å². The van der Waals surface area contributed by atoms with E-state index in [1.807, 2.05) is 0 Å². The normalized spacial score (nSPS) is 27.4. The fourth-order valence-corrected chi connectivity index (χ4v) is 2.37. The van der Waals surface area contributed by atoms with Crippen molar-refractivity contribution >= 4 is 11.5 Å². The summed E-state index contributed by atoms with van der Waals surface area (Å²) in [6.07, 6.45) is 2.94. The van der Waals surface area contributed by atoms with Crippen LogP contribution in [0.3, 0.4) is 0 Å². The summed E-state index contributed by atoms with van der Waals surface area (Å²) in [6, 6.07) is 3.61. The van der Waals surface area contributed by atoms with Crippen molar-refractivity contribution in [3.05, 3.63) is 28.4 Å². The van der Waals surface area contributed by atoms with Crippen LogP contribution in [0.15, 0.2) is 18.3 Å². The van der Waals surface area contributed by atoms with Crippen LogP contribution in [-0.2, 0) is 4.74 Å². The molecule has 0 saturated carbocycles. The number of anilines is 1. The van der Waals surface area contributed by atoms with Crippen LogP contribution in [0.25, 0.3) is 0 Å². The quantitative estimate of drug-likeness (QED) is 0.549. The zero-order chi connectivity index (χ0) is 11.1. The van der Waals surface area contributed by atoms with Crippen molar-refractivity contribution in [2.75, 3.05) is 18.1 Å². The van der Waals surface area contributed by atoms with Crippen LogP contribution in [0.1, 0.15) is 6.42 Å². The Hall–Kier alpha value is -1.69. The number of pyridine rings is 1. The molecule has 0 aromatic carbocycles. The van der Waals surface area contributed by atoms with Gasteiger partial charge in [0.05, 0.1) is 24.4 Å². The lowest BCUT2D eigenvalue weighted by molar-refractivity contribution is -0.389. The third kappa shape index (κ3) is 1.42. The van der Waals surface area contributed by atoms with Crippen molar-refractivity contribution < 1.29 is 9.66 Å². The molecule has 0 aliphatic carbocycles. The minimum Gasteiger partial charge on any atom is -0.374 e. The average molecular weight is 221 g/mol. The molecule has 2 bridgehead atoms. The maximum atomic E-state index is 10.5. The summed E-state index contributed by atoms with van der Waals surface area (Å²) in [6.45, 7) is 1.62. The number of rotatable bonds is 2. The van der Waals surface area contributed by atoms with Crippen LogP contribution in [-0.4, -0.2) is 35.2 Å². The van der Waals surface area contributed by atoms with Crippen molar-refractivity contribution in [2.45, 2.75) is 18.6 Å². The fraction of sp³-hybridized carbons (Fsp3) is 0.500. The van der Waals surface area contributed by atoms with E-state index in [0.717, 1.165) is 25.3 Å². The van der Waals surface area contributed by atoms with Gasteiger partial charge in [-0.3, -0.25) is 0 Å². The predicted molar refractivity (Wildman–Crippen MR) is 56.4 cm³/mol. The summed E-state index contributed by atoms with van der Waals surface area (Å²) >= 11 is 0. The Morgan fingerprint density at radius 2 is 2.44 bits per heavy atom. The van der Waals surface area contributed by atoms with Crippen molar-refractivity contribution in [2.24, 2.45) is 0 Å². The Morgan fingerprint density at radius 3 is 2.94 bits per heavy atom. The van der Waals surface area contributed by atoms with Gasteiger partial charge >= 0.3 is 5.82 Å².